The minimum absolute atomic E-state index is 0.150. The average Bonchev–Trinajstić information content (AvgIpc) is 3.16. The van der Waals surface area contributed by atoms with Gasteiger partial charge in [-0.05, 0) is 48.0 Å². The van der Waals surface area contributed by atoms with Crippen molar-refractivity contribution in [3.63, 3.8) is 0 Å². The van der Waals surface area contributed by atoms with Crippen molar-refractivity contribution in [1.29, 1.82) is 0 Å². The van der Waals surface area contributed by atoms with E-state index < -0.39 is 0 Å². The van der Waals surface area contributed by atoms with Crippen molar-refractivity contribution in [2.75, 3.05) is 4.90 Å². The number of halogens is 1. The van der Waals surface area contributed by atoms with Crippen LogP contribution in [0.4, 0.5) is 5.82 Å². The molecule has 5 nitrogen and oxygen atoms in total. The van der Waals surface area contributed by atoms with Gasteiger partial charge in [0.05, 0.1) is 12.8 Å². The van der Waals surface area contributed by atoms with Crippen molar-refractivity contribution in [3.05, 3.63) is 71.7 Å². The lowest BCUT2D eigenvalue weighted by molar-refractivity contribution is 0.0956. The molecule has 1 amide bonds. The third kappa shape index (κ3) is 2.98. The van der Waals surface area contributed by atoms with Crippen LogP contribution >= 0.6 is 11.6 Å². The van der Waals surface area contributed by atoms with Crippen molar-refractivity contribution in [1.82, 2.24) is 4.98 Å². The van der Waals surface area contributed by atoms with Gasteiger partial charge < -0.3 is 8.83 Å². The Bertz CT molecular complexity index is 722. The maximum Gasteiger partial charge on any atom is 0.295 e. The topological polar surface area (TPSA) is 59.5 Å². The number of anilines is 1. The van der Waals surface area contributed by atoms with Crippen molar-refractivity contribution in [2.45, 2.75) is 6.54 Å². The normalized spacial score (nSPS) is 10.5. The third-order valence-corrected chi connectivity index (χ3v) is 3.05. The molecule has 21 heavy (non-hydrogen) atoms. The molecule has 3 heterocycles. The molecule has 0 aliphatic carbocycles. The first-order valence-electron chi connectivity index (χ1n) is 6.24. The van der Waals surface area contributed by atoms with E-state index in [4.69, 9.17) is 20.4 Å². The molecule has 0 aliphatic rings. The Morgan fingerprint density at radius 1 is 1.19 bits per heavy atom. The van der Waals surface area contributed by atoms with Crippen LogP contribution in [0.15, 0.2) is 63.8 Å². The standard InChI is InChI=1S/C15H11ClN2O3/c16-13-7-6-12(21-13)15(19)18(10-11-4-3-9-20-11)14-5-1-2-8-17-14/h1-9H,10H2. The molecule has 0 aliphatic heterocycles. The fraction of sp³-hybridized carbons (Fsp3) is 0.0667. The Morgan fingerprint density at radius 3 is 2.71 bits per heavy atom. The van der Waals surface area contributed by atoms with Gasteiger partial charge in [-0.2, -0.15) is 0 Å². The number of furan rings is 2. The highest BCUT2D eigenvalue weighted by Crippen LogP contribution is 2.20. The molecule has 0 atom stereocenters. The summed E-state index contributed by atoms with van der Waals surface area (Å²) in [6.07, 6.45) is 3.17. The highest BCUT2D eigenvalue weighted by molar-refractivity contribution is 6.29. The van der Waals surface area contributed by atoms with E-state index in [-0.39, 0.29) is 23.4 Å². The molecule has 6 heteroatoms. The van der Waals surface area contributed by atoms with Gasteiger partial charge in [0.1, 0.15) is 11.6 Å². The predicted octanol–water partition coefficient (Wildman–Crippen LogP) is 3.77. The van der Waals surface area contributed by atoms with E-state index in [2.05, 4.69) is 4.98 Å². The summed E-state index contributed by atoms with van der Waals surface area (Å²) in [7, 11) is 0. The van der Waals surface area contributed by atoms with Crippen LogP contribution < -0.4 is 4.90 Å². The Balaban J connectivity index is 1.94. The fourth-order valence-corrected chi connectivity index (χ4v) is 2.04. The zero-order chi connectivity index (χ0) is 14.7. The van der Waals surface area contributed by atoms with Crippen LogP contribution in [-0.4, -0.2) is 10.9 Å². The number of aromatic nitrogens is 1. The van der Waals surface area contributed by atoms with E-state index >= 15 is 0 Å². The number of rotatable bonds is 4. The van der Waals surface area contributed by atoms with Crippen LogP contribution in [0.5, 0.6) is 0 Å². The van der Waals surface area contributed by atoms with Gasteiger partial charge in [0.2, 0.25) is 0 Å². The molecule has 3 rings (SSSR count). The lowest BCUT2D eigenvalue weighted by Gasteiger charge is -2.19. The van der Waals surface area contributed by atoms with Gasteiger partial charge in [-0.3, -0.25) is 9.69 Å². The summed E-state index contributed by atoms with van der Waals surface area (Å²) in [6.45, 7) is 0.251. The summed E-state index contributed by atoms with van der Waals surface area (Å²) in [5, 5.41) is 0.164. The Hall–Kier alpha value is -2.53. The molecule has 0 spiro atoms. The van der Waals surface area contributed by atoms with Crippen LogP contribution in [0.3, 0.4) is 0 Å². The molecule has 3 aromatic heterocycles. The molecule has 0 fully saturated rings. The van der Waals surface area contributed by atoms with E-state index in [1.54, 1.807) is 42.8 Å². The van der Waals surface area contributed by atoms with Gasteiger partial charge in [0, 0.05) is 6.20 Å². The Kier molecular flexibility index (Phi) is 3.75. The minimum atomic E-state index is -0.336. The van der Waals surface area contributed by atoms with Gasteiger partial charge in [-0.25, -0.2) is 4.98 Å². The molecule has 3 aromatic rings. The van der Waals surface area contributed by atoms with Gasteiger partial charge >= 0.3 is 0 Å². The largest absolute Gasteiger partial charge is 0.467 e. The van der Waals surface area contributed by atoms with Crippen molar-refractivity contribution in [2.24, 2.45) is 0 Å². The number of amides is 1. The van der Waals surface area contributed by atoms with E-state index in [9.17, 15) is 4.79 Å². The summed E-state index contributed by atoms with van der Waals surface area (Å²) in [6, 6.07) is 11.9. The third-order valence-electron chi connectivity index (χ3n) is 2.85. The molecule has 0 saturated heterocycles. The van der Waals surface area contributed by atoms with Crippen LogP contribution in [-0.2, 0) is 6.54 Å². The van der Waals surface area contributed by atoms with Crippen LogP contribution in [0.2, 0.25) is 5.22 Å². The molecule has 106 valence electrons. The van der Waals surface area contributed by atoms with E-state index in [0.717, 1.165) is 0 Å². The number of carbonyl (C=O) groups is 1. The predicted molar refractivity (Wildman–Crippen MR) is 77.2 cm³/mol. The first-order valence-corrected chi connectivity index (χ1v) is 6.62. The zero-order valence-corrected chi connectivity index (χ0v) is 11.7. The van der Waals surface area contributed by atoms with E-state index in [0.29, 0.717) is 11.6 Å². The first-order chi connectivity index (χ1) is 10.2. The SMILES string of the molecule is O=C(c1ccc(Cl)o1)N(Cc1ccco1)c1ccccn1. The average molecular weight is 303 g/mol. The smallest absolute Gasteiger partial charge is 0.295 e. The summed E-state index contributed by atoms with van der Waals surface area (Å²) >= 11 is 5.73. The van der Waals surface area contributed by atoms with Crippen molar-refractivity contribution < 1.29 is 13.6 Å². The molecule has 0 bridgehead atoms. The van der Waals surface area contributed by atoms with Crippen LogP contribution in [0, 0.1) is 0 Å². The maximum atomic E-state index is 12.6. The summed E-state index contributed by atoms with van der Waals surface area (Å²) in [4.78, 5) is 18.2. The molecule has 0 radical (unpaired) electrons. The fourth-order valence-electron chi connectivity index (χ4n) is 1.89. The quantitative estimate of drug-likeness (QED) is 0.736. The van der Waals surface area contributed by atoms with Gasteiger partial charge in [0.25, 0.3) is 5.91 Å². The van der Waals surface area contributed by atoms with Gasteiger partial charge in [-0.1, -0.05) is 6.07 Å². The molecule has 0 unspecified atom stereocenters. The second-order valence-corrected chi connectivity index (χ2v) is 4.63. The molecule has 0 saturated carbocycles. The first kappa shape index (κ1) is 13.5. The highest BCUT2D eigenvalue weighted by atomic mass is 35.5. The number of hydrogen-bond acceptors (Lipinski definition) is 4. The number of carbonyl (C=O) groups excluding carboxylic acids is 1. The summed E-state index contributed by atoms with van der Waals surface area (Å²) < 4.78 is 10.5. The van der Waals surface area contributed by atoms with Crippen molar-refractivity contribution >= 4 is 23.3 Å². The summed E-state index contributed by atoms with van der Waals surface area (Å²) in [5.41, 5.74) is 0. The van der Waals surface area contributed by atoms with Gasteiger partial charge in [-0.15, -0.1) is 0 Å². The maximum absolute atomic E-state index is 12.6. The molecule has 0 aromatic carbocycles. The number of nitrogens with zero attached hydrogens (tertiary/aromatic N) is 2. The monoisotopic (exact) mass is 302 g/mol. The van der Waals surface area contributed by atoms with E-state index in [1.165, 1.54) is 17.0 Å². The van der Waals surface area contributed by atoms with Crippen LogP contribution in [0.1, 0.15) is 16.3 Å². The lowest BCUT2D eigenvalue weighted by atomic mass is 10.3. The molecular formula is C15H11ClN2O3. The van der Waals surface area contributed by atoms with Gasteiger partial charge in [0.15, 0.2) is 11.0 Å². The number of hydrogen-bond donors (Lipinski definition) is 0. The zero-order valence-electron chi connectivity index (χ0n) is 10.9. The highest BCUT2D eigenvalue weighted by Gasteiger charge is 2.22. The number of pyridine rings is 1. The summed E-state index contributed by atoms with van der Waals surface area (Å²) in [5.74, 6) is 0.965. The Labute approximate surface area is 125 Å². The van der Waals surface area contributed by atoms with E-state index in [1.807, 2.05) is 0 Å². The second-order valence-electron chi connectivity index (χ2n) is 4.26. The second kappa shape index (κ2) is 5.85. The molecular weight excluding hydrogens is 292 g/mol. The minimum Gasteiger partial charge on any atom is -0.467 e. The lowest BCUT2D eigenvalue weighted by Crippen LogP contribution is -2.30. The Morgan fingerprint density at radius 2 is 2.10 bits per heavy atom. The van der Waals surface area contributed by atoms with Crippen LogP contribution in [0.25, 0.3) is 0 Å². The van der Waals surface area contributed by atoms with Crippen molar-refractivity contribution in [3.8, 4) is 0 Å². The molecule has 0 N–H and O–H groups in total.